The Balaban J connectivity index is 2.03. The second-order valence-electron chi connectivity index (χ2n) is 5.98. The maximum atomic E-state index is 9.82. The van der Waals surface area contributed by atoms with Crippen molar-refractivity contribution in [2.45, 2.75) is 12.5 Å². The lowest BCUT2D eigenvalue weighted by Crippen LogP contribution is -2.18. The molecule has 0 spiro atoms. The molecule has 0 bridgehead atoms. The number of fused-ring (bicyclic) bond motifs is 2. The number of aromatic hydroxyl groups is 1. The minimum atomic E-state index is -0.182. The number of rotatable bonds is 2. The number of nitrogen functional groups attached to an aromatic ring is 2. The monoisotopic (exact) mass is 334 g/mol. The Labute approximate surface area is 144 Å². The zero-order valence-electron chi connectivity index (χ0n) is 13.4. The molecule has 1 aromatic heterocycles. The van der Waals surface area contributed by atoms with Crippen molar-refractivity contribution in [2.24, 2.45) is 5.73 Å². The van der Waals surface area contributed by atoms with Gasteiger partial charge in [0.15, 0.2) is 0 Å². The van der Waals surface area contributed by atoms with E-state index in [0.717, 1.165) is 16.7 Å². The highest BCUT2D eigenvalue weighted by Crippen LogP contribution is 2.50. The third-order valence-corrected chi connectivity index (χ3v) is 4.52. The van der Waals surface area contributed by atoms with E-state index in [4.69, 9.17) is 21.9 Å². The minimum absolute atomic E-state index is 0.119. The van der Waals surface area contributed by atoms with Gasteiger partial charge in [0.2, 0.25) is 5.88 Å². The van der Waals surface area contributed by atoms with Crippen molar-refractivity contribution in [3.05, 3.63) is 70.8 Å². The number of aromatic nitrogens is 1. The summed E-state index contributed by atoms with van der Waals surface area (Å²) in [6.45, 7) is 0.196. The smallest absolute Gasteiger partial charge is 0.227 e. The van der Waals surface area contributed by atoms with Crippen LogP contribution in [0.4, 0.5) is 11.5 Å². The maximum Gasteiger partial charge on any atom is 0.227 e. The van der Waals surface area contributed by atoms with E-state index < -0.39 is 0 Å². The zero-order chi connectivity index (χ0) is 17.6. The van der Waals surface area contributed by atoms with E-state index in [9.17, 15) is 5.11 Å². The number of nitrogens with zero attached hydrogens (tertiary/aromatic N) is 1. The fraction of sp³-hybridized carbons (Fsp3) is 0.105. The molecule has 1 unspecified atom stereocenters. The van der Waals surface area contributed by atoms with Crippen molar-refractivity contribution < 1.29 is 9.84 Å². The second kappa shape index (κ2) is 5.68. The molecular formula is C19H18N4O2. The quantitative estimate of drug-likeness (QED) is 0.447. The summed E-state index contributed by atoms with van der Waals surface area (Å²) in [5, 5.41) is 9.82. The normalized spacial score (nSPS) is 15.2. The lowest BCUT2D eigenvalue weighted by molar-refractivity contribution is 0.424. The van der Waals surface area contributed by atoms with E-state index >= 15 is 0 Å². The molecule has 25 heavy (non-hydrogen) atoms. The van der Waals surface area contributed by atoms with Crippen LogP contribution in [-0.4, -0.2) is 10.1 Å². The fourth-order valence-corrected chi connectivity index (χ4v) is 3.33. The summed E-state index contributed by atoms with van der Waals surface area (Å²) in [6, 6.07) is 15.0. The lowest BCUT2D eigenvalue weighted by atomic mass is 9.82. The van der Waals surface area contributed by atoms with Crippen LogP contribution in [0.5, 0.6) is 17.4 Å². The predicted molar refractivity (Wildman–Crippen MR) is 96.5 cm³/mol. The Morgan fingerprint density at radius 1 is 1.08 bits per heavy atom. The van der Waals surface area contributed by atoms with Crippen LogP contribution in [0.3, 0.4) is 0 Å². The standard InChI is InChI=1S/C19H18N4O2/c20-9-13-17(21)16-15(10-4-2-1-3-5-10)12-7-6-11(24)8-14(12)25-19(16)23-18(13)22/h1-8,15,24H,9,20H2,(H4,21,22,23). The molecule has 3 aromatic rings. The van der Waals surface area contributed by atoms with E-state index in [-0.39, 0.29) is 24.0 Å². The summed E-state index contributed by atoms with van der Waals surface area (Å²) in [4.78, 5) is 4.36. The topological polar surface area (TPSA) is 120 Å². The molecule has 0 saturated carbocycles. The molecule has 6 nitrogen and oxygen atoms in total. The number of nitrogens with two attached hydrogens (primary N) is 3. The minimum Gasteiger partial charge on any atom is -0.508 e. The van der Waals surface area contributed by atoms with Gasteiger partial charge in [-0.1, -0.05) is 36.4 Å². The number of anilines is 2. The van der Waals surface area contributed by atoms with Crippen molar-refractivity contribution in [2.75, 3.05) is 11.5 Å². The molecule has 1 aliphatic rings. The number of phenolic OH excluding ortho intramolecular Hbond substituents is 1. The summed E-state index contributed by atoms with van der Waals surface area (Å²) >= 11 is 0. The number of phenols is 1. The number of hydrogen-bond acceptors (Lipinski definition) is 6. The first-order valence-electron chi connectivity index (χ1n) is 7.93. The molecule has 2 heterocycles. The summed E-state index contributed by atoms with van der Waals surface area (Å²) in [5.74, 6) is 1.08. The van der Waals surface area contributed by atoms with Crippen LogP contribution in [0.1, 0.15) is 28.2 Å². The van der Waals surface area contributed by atoms with E-state index in [1.807, 2.05) is 36.4 Å². The molecule has 6 heteroatoms. The van der Waals surface area contributed by atoms with Crippen LogP contribution in [0.2, 0.25) is 0 Å². The zero-order valence-corrected chi connectivity index (χ0v) is 13.4. The molecule has 4 rings (SSSR count). The van der Waals surface area contributed by atoms with Gasteiger partial charge in [0.05, 0.1) is 5.56 Å². The Bertz CT molecular complexity index is 957. The van der Waals surface area contributed by atoms with Crippen molar-refractivity contribution in [3.8, 4) is 17.4 Å². The van der Waals surface area contributed by atoms with Gasteiger partial charge in [-0.2, -0.15) is 4.98 Å². The summed E-state index contributed by atoms with van der Waals surface area (Å²) in [6.07, 6.45) is 0. The molecule has 1 atom stereocenters. The van der Waals surface area contributed by atoms with E-state index in [1.165, 1.54) is 0 Å². The second-order valence-corrected chi connectivity index (χ2v) is 5.98. The molecule has 0 radical (unpaired) electrons. The summed E-state index contributed by atoms with van der Waals surface area (Å²) in [7, 11) is 0. The van der Waals surface area contributed by atoms with Crippen molar-refractivity contribution in [1.29, 1.82) is 0 Å². The van der Waals surface area contributed by atoms with Crippen LogP contribution in [0.15, 0.2) is 48.5 Å². The number of ether oxygens (including phenoxy) is 1. The van der Waals surface area contributed by atoms with Crippen LogP contribution < -0.4 is 21.9 Å². The Hall–Kier alpha value is -3.25. The average Bonchev–Trinajstić information content (AvgIpc) is 2.61. The van der Waals surface area contributed by atoms with Crippen LogP contribution in [0, 0.1) is 0 Å². The number of benzene rings is 2. The first-order chi connectivity index (χ1) is 12.1. The summed E-state index contributed by atoms with van der Waals surface area (Å²) < 4.78 is 5.90. The van der Waals surface area contributed by atoms with Crippen LogP contribution in [-0.2, 0) is 6.54 Å². The van der Waals surface area contributed by atoms with Gasteiger partial charge in [0, 0.05) is 35.3 Å². The molecule has 7 N–H and O–H groups in total. The predicted octanol–water partition coefficient (Wildman–Crippen LogP) is 2.70. The molecule has 1 aliphatic heterocycles. The van der Waals surface area contributed by atoms with Crippen molar-refractivity contribution >= 4 is 11.5 Å². The SMILES string of the molecule is NCc1c(N)nc2c(c1N)C(c1ccccc1)c1ccc(O)cc1O2. The highest BCUT2D eigenvalue weighted by atomic mass is 16.5. The molecule has 0 saturated heterocycles. The molecule has 0 aliphatic carbocycles. The van der Waals surface area contributed by atoms with Gasteiger partial charge in [-0.3, -0.25) is 0 Å². The largest absolute Gasteiger partial charge is 0.508 e. The highest BCUT2D eigenvalue weighted by Gasteiger charge is 2.33. The van der Waals surface area contributed by atoms with E-state index in [0.29, 0.717) is 22.9 Å². The van der Waals surface area contributed by atoms with E-state index in [1.54, 1.807) is 12.1 Å². The van der Waals surface area contributed by atoms with Crippen LogP contribution in [0.25, 0.3) is 0 Å². The molecule has 2 aromatic carbocycles. The maximum absolute atomic E-state index is 9.82. The van der Waals surface area contributed by atoms with Gasteiger partial charge in [-0.25, -0.2) is 0 Å². The van der Waals surface area contributed by atoms with Gasteiger partial charge in [0.1, 0.15) is 17.3 Å². The highest BCUT2D eigenvalue weighted by molar-refractivity contribution is 5.72. The van der Waals surface area contributed by atoms with Gasteiger partial charge < -0.3 is 27.0 Å². The molecule has 0 fully saturated rings. The molecule has 0 amide bonds. The van der Waals surface area contributed by atoms with Gasteiger partial charge in [-0.15, -0.1) is 0 Å². The first kappa shape index (κ1) is 15.3. The summed E-state index contributed by atoms with van der Waals surface area (Å²) in [5.41, 5.74) is 22.0. The molecule has 126 valence electrons. The van der Waals surface area contributed by atoms with Crippen molar-refractivity contribution in [3.63, 3.8) is 0 Å². The fourth-order valence-electron chi connectivity index (χ4n) is 3.33. The number of hydrogen-bond donors (Lipinski definition) is 4. The number of pyridine rings is 1. The first-order valence-corrected chi connectivity index (χ1v) is 7.93. The lowest BCUT2D eigenvalue weighted by Gasteiger charge is -2.30. The average molecular weight is 334 g/mol. The third-order valence-electron chi connectivity index (χ3n) is 4.52. The van der Waals surface area contributed by atoms with E-state index in [2.05, 4.69) is 4.98 Å². The van der Waals surface area contributed by atoms with Gasteiger partial charge in [0.25, 0.3) is 0 Å². The van der Waals surface area contributed by atoms with Crippen LogP contribution >= 0.6 is 0 Å². The van der Waals surface area contributed by atoms with Crippen molar-refractivity contribution in [1.82, 2.24) is 4.98 Å². The Kier molecular flexibility index (Phi) is 3.47. The third kappa shape index (κ3) is 2.35. The molecular weight excluding hydrogens is 316 g/mol. The van der Waals surface area contributed by atoms with Gasteiger partial charge >= 0.3 is 0 Å². The Morgan fingerprint density at radius 2 is 1.84 bits per heavy atom. The Morgan fingerprint density at radius 3 is 2.56 bits per heavy atom. The van der Waals surface area contributed by atoms with Gasteiger partial charge in [-0.05, 0) is 11.6 Å².